The highest BCUT2D eigenvalue weighted by Crippen LogP contribution is 2.39. The van der Waals surface area contributed by atoms with E-state index >= 15 is 0 Å². The van der Waals surface area contributed by atoms with Gasteiger partial charge in [0.2, 0.25) is 5.91 Å². The number of thioether (sulfide) groups is 1. The molecule has 1 N–H and O–H groups in total. The van der Waals surface area contributed by atoms with Gasteiger partial charge in [0.25, 0.3) is 0 Å². The number of esters is 1. The number of carbonyl (C=O) groups is 2. The van der Waals surface area contributed by atoms with Crippen LogP contribution in [0.2, 0.25) is 0 Å². The first-order valence-electron chi connectivity index (χ1n) is 12.4. The van der Waals surface area contributed by atoms with E-state index in [9.17, 15) is 9.59 Å². The number of carbonyl (C=O) groups excluding carboxylic acids is 2. The summed E-state index contributed by atoms with van der Waals surface area (Å²) in [5.74, 6) is 1.22. The molecule has 190 valence electrons. The lowest BCUT2D eigenvalue weighted by Crippen LogP contribution is -2.16. The van der Waals surface area contributed by atoms with E-state index in [1.165, 1.54) is 43.1 Å². The lowest BCUT2D eigenvalue weighted by molar-refractivity contribution is -0.113. The number of benzene rings is 1. The standard InChI is InChI=1S/C26H30N4O4S2/c1-3-30-23(16-11-13-18(14-12-16)34-17-7-4-5-8-17)28-29-26(30)35-15-21(31)27-24-22(25(32)33-2)19-9-6-10-20(19)36-24/h11-14,17H,3-10,15H2,1-2H3,(H,27,31). The molecule has 3 aromatic rings. The molecule has 0 atom stereocenters. The van der Waals surface area contributed by atoms with Gasteiger partial charge in [0.1, 0.15) is 10.8 Å². The van der Waals surface area contributed by atoms with Gasteiger partial charge in [-0.1, -0.05) is 11.8 Å². The monoisotopic (exact) mass is 526 g/mol. The SMILES string of the molecule is CCn1c(SCC(=O)Nc2sc3c(c2C(=O)OC)CCC3)nnc1-c1ccc(OC2CCCC2)cc1. The van der Waals surface area contributed by atoms with E-state index < -0.39 is 5.97 Å². The summed E-state index contributed by atoms with van der Waals surface area (Å²) in [4.78, 5) is 26.3. The topological polar surface area (TPSA) is 95.3 Å². The first-order chi connectivity index (χ1) is 17.6. The van der Waals surface area contributed by atoms with Gasteiger partial charge >= 0.3 is 5.97 Å². The predicted molar refractivity (Wildman–Crippen MR) is 141 cm³/mol. The van der Waals surface area contributed by atoms with Crippen LogP contribution in [0.25, 0.3) is 11.4 Å². The Hall–Kier alpha value is -2.85. The fourth-order valence-electron chi connectivity index (χ4n) is 4.88. The van der Waals surface area contributed by atoms with Crippen LogP contribution in [-0.4, -0.2) is 45.6 Å². The quantitative estimate of drug-likeness (QED) is 0.296. The maximum Gasteiger partial charge on any atom is 0.341 e. The Morgan fingerprint density at radius 2 is 1.92 bits per heavy atom. The highest BCUT2D eigenvalue weighted by atomic mass is 32.2. The molecular formula is C26H30N4O4S2. The van der Waals surface area contributed by atoms with Crippen molar-refractivity contribution in [1.29, 1.82) is 0 Å². The molecule has 2 aromatic heterocycles. The molecule has 0 aliphatic heterocycles. The van der Waals surface area contributed by atoms with E-state index in [1.807, 2.05) is 35.8 Å². The third-order valence-electron chi connectivity index (χ3n) is 6.65. The molecule has 8 nitrogen and oxygen atoms in total. The van der Waals surface area contributed by atoms with Crippen LogP contribution in [0.3, 0.4) is 0 Å². The van der Waals surface area contributed by atoms with Crippen LogP contribution in [0, 0.1) is 0 Å². The zero-order valence-electron chi connectivity index (χ0n) is 20.5. The number of fused-ring (bicyclic) bond motifs is 1. The molecule has 1 aromatic carbocycles. The van der Waals surface area contributed by atoms with Crippen molar-refractivity contribution in [2.75, 3.05) is 18.2 Å². The molecule has 0 bridgehead atoms. The fraction of sp³-hybridized carbons (Fsp3) is 0.462. The lowest BCUT2D eigenvalue weighted by atomic mass is 10.1. The number of rotatable bonds is 9. The summed E-state index contributed by atoms with van der Waals surface area (Å²) in [5.41, 5.74) is 2.48. The number of amides is 1. The number of aryl methyl sites for hydroxylation is 1. The first-order valence-corrected chi connectivity index (χ1v) is 14.2. The minimum atomic E-state index is -0.396. The molecule has 10 heteroatoms. The van der Waals surface area contributed by atoms with Crippen molar-refractivity contribution in [3.8, 4) is 17.1 Å². The zero-order valence-corrected chi connectivity index (χ0v) is 22.2. The number of aromatic nitrogens is 3. The summed E-state index contributed by atoms with van der Waals surface area (Å²) in [7, 11) is 1.37. The molecule has 5 rings (SSSR count). The second kappa shape index (κ2) is 11.0. The summed E-state index contributed by atoms with van der Waals surface area (Å²) in [5, 5.41) is 12.9. The third kappa shape index (κ3) is 5.15. The number of ether oxygens (including phenoxy) is 2. The number of anilines is 1. The molecule has 0 spiro atoms. The number of nitrogens with one attached hydrogen (secondary N) is 1. The Balaban J connectivity index is 1.24. The zero-order chi connectivity index (χ0) is 25.1. The normalized spacial score (nSPS) is 15.2. The number of hydrogen-bond acceptors (Lipinski definition) is 8. The summed E-state index contributed by atoms with van der Waals surface area (Å²) in [6.45, 7) is 2.71. The molecule has 1 amide bonds. The van der Waals surface area contributed by atoms with Crippen molar-refractivity contribution in [3.05, 3.63) is 40.3 Å². The van der Waals surface area contributed by atoms with E-state index in [2.05, 4.69) is 15.5 Å². The third-order valence-corrected chi connectivity index (χ3v) is 8.82. The molecule has 2 aliphatic carbocycles. The van der Waals surface area contributed by atoms with Crippen LogP contribution >= 0.6 is 23.1 Å². The summed E-state index contributed by atoms with van der Waals surface area (Å²) < 4.78 is 13.0. The Kier molecular flexibility index (Phi) is 7.62. The van der Waals surface area contributed by atoms with Crippen LogP contribution in [0.1, 0.15) is 59.8 Å². The predicted octanol–water partition coefficient (Wildman–Crippen LogP) is 5.35. The average Bonchev–Trinajstić information content (AvgIpc) is 3.67. The molecule has 36 heavy (non-hydrogen) atoms. The van der Waals surface area contributed by atoms with E-state index in [1.54, 1.807) is 0 Å². The van der Waals surface area contributed by atoms with Crippen LogP contribution in [0.15, 0.2) is 29.4 Å². The molecule has 0 saturated heterocycles. The van der Waals surface area contributed by atoms with Gasteiger partial charge in [-0.15, -0.1) is 21.5 Å². The molecular weight excluding hydrogens is 496 g/mol. The van der Waals surface area contributed by atoms with Crippen LogP contribution in [-0.2, 0) is 28.9 Å². The summed E-state index contributed by atoms with van der Waals surface area (Å²) in [6, 6.07) is 7.98. The van der Waals surface area contributed by atoms with E-state index in [0.29, 0.717) is 28.4 Å². The molecule has 2 heterocycles. The van der Waals surface area contributed by atoms with Crippen molar-refractivity contribution >= 4 is 40.0 Å². The average molecular weight is 527 g/mol. The number of methoxy groups -OCH3 is 1. The van der Waals surface area contributed by atoms with Gasteiger partial charge in [0.05, 0.1) is 24.5 Å². The lowest BCUT2D eigenvalue weighted by Gasteiger charge is -2.13. The maximum atomic E-state index is 12.8. The summed E-state index contributed by atoms with van der Waals surface area (Å²) >= 11 is 2.81. The molecule has 0 radical (unpaired) electrons. The van der Waals surface area contributed by atoms with E-state index in [-0.39, 0.29) is 11.7 Å². The molecule has 1 fully saturated rings. The minimum absolute atomic E-state index is 0.162. The molecule has 0 unspecified atom stereocenters. The van der Waals surface area contributed by atoms with Crippen LogP contribution in [0.5, 0.6) is 5.75 Å². The van der Waals surface area contributed by atoms with Crippen molar-refractivity contribution in [2.24, 2.45) is 0 Å². The van der Waals surface area contributed by atoms with Gasteiger partial charge in [-0.3, -0.25) is 4.79 Å². The number of thiophene rings is 1. The minimum Gasteiger partial charge on any atom is -0.490 e. The van der Waals surface area contributed by atoms with Crippen molar-refractivity contribution in [3.63, 3.8) is 0 Å². The Morgan fingerprint density at radius 1 is 1.14 bits per heavy atom. The highest BCUT2D eigenvalue weighted by molar-refractivity contribution is 7.99. The van der Waals surface area contributed by atoms with Crippen LogP contribution < -0.4 is 10.1 Å². The van der Waals surface area contributed by atoms with Gasteiger partial charge in [-0.05, 0) is 81.7 Å². The smallest absolute Gasteiger partial charge is 0.341 e. The Labute approximate surface area is 218 Å². The van der Waals surface area contributed by atoms with E-state index in [4.69, 9.17) is 9.47 Å². The summed E-state index contributed by atoms with van der Waals surface area (Å²) in [6.07, 6.45) is 7.86. The van der Waals surface area contributed by atoms with Gasteiger partial charge in [0, 0.05) is 17.0 Å². The largest absolute Gasteiger partial charge is 0.490 e. The highest BCUT2D eigenvalue weighted by Gasteiger charge is 2.28. The molecule has 1 saturated carbocycles. The van der Waals surface area contributed by atoms with Gasteiger partial charge in [-0.2, -0.15) is 0 Å². The number of hydrogen-bond donors (Lipinski definition) is 1. The van der Waals surface area contributed by atoms with Gasteiger partial charge < -0.3 is 19.4 Å². The van der Waals surface area contributed by atoms with Gasteiger partial charge in [-0.25, -0.2) is 4.79 Å². The second-order valence-corrected chi connectivity index (χ2v) is 11.0. The van der Waals surface area contributed by atoms with Crippen molar-refractivity contribution in [2.45, 2.75) is 69.7 Å². The van der Waals surface area contributed by atoms with Crippen LogP contribution in [0.4, 0.5) is 5.00 Å². The number of nitrogens with zero attached hydrogens (tertiary/aromatic N) is 3. The first kappa shape index (κ1) is 24.8. The van der Waals surface area contributed by atoms with E-state index in [0.717, 1.165) is 59.7 Å². The van der Waals surface area contributed by atoms with Crippen molar-refractivity contribution in [1.82, 2.24) is 14.8 Å². The van der Waals surface area contributed by atoms with Crippen molar-refractivity contribution < 1.29 is 19.1 Å². The Bertz CT molecular complexity index is 1250. The maximum absolute atomic E-state index is 12.8. The second-order valence-electron chi connectivity index (χ2n) is 8.99. The van der Waals surface area contributed by atoms with Gasteiger partial charge in [0.15, 0.2) is 11.0 Å². The molecule has 2 aliphatic rings. The Morgan fingerprint density at radius 3 is 2.64 bits per heavy atom. The fourth-order valence-corrected chi connectivity index (χ4v) is 6.97.